The Morgan fingerprint density at radius 3 is 2.86 bits per heavy atom. The maximum atomic E-state index is 13.9. The molecule has 0 radical (unpaired) electrons. The first kappa shape index (κ1) is 19.3. The summed E-state index contributed by atoms with van der Waals surface area (Å²) in [5, 5.41) is 32.0. The summed E-state index contributed by atoms with van der Waals surface area (Å²) >= 11 is 5.69. The minimum absolute atomic E-state index is 0.102. The van der Waals surface area contributed by atoms with Crippen LogP contribution in [0.1, 0.15) is 18.1 Å². The van der Waals surface area contributed by atoms with E-state index in [9.17, 15) is 24.5 Å². The lowest BCUT2D eigenvalue weighted by Crippen LogP contribution is -2.45. The molecule has 3 heterocycles. The van der Waals surface area contributed by atoms with Gasteiger partial charge in [0, 0.05) is 6.54 Å². The minimum atomic E-state index is -1.81. The van der Waals surface area contributed by atoms with Crippen LogP contribution in [0.5, 0.6) is 0 Å². The number of nitrogens with zero attached hydrogens (tertiary/aromatic N) is 2. The van der Waals surface area contributed by atoms with Gasteiger partial charge in [-0.25, -0.2) is 9.37 Å². The molecule has 1 aromatic carbocycles. The lowest BCUT2D eigenvalue weighted by atomic mass is 9.86. The van der Waals surface area contributed by atoms with E-state index in [0.29, 0.717) is 24.3 Å². The van der Waals surface area contributed by atoms with Gasteiger partial charge in [0.05, 0.1) is 16.9 Å². The number of hydrogen-bond donors (Lipinski definition) is 4. The maximum absolute atomic E-state index is 13.9. The number of aliphatic hydroxyl groups is 3. The number of H-pyrrole nitrogens is 1. The molecule has 1 aromatic heterocycles. The zero-order valence-corrected chi connectivity index (χ0v) is 15.6. The summed E-state index contributed by atoms with van der Waals surface area (Å²) in [5.74, 6) is -0.362. The zero-order valence-electron chi connectivity index (χ0n) is 14.8. The van der Waals surface area contributed by atoms with Crippen LogP contribution in [-0.2, 0) is 16.8 Å². The van der Waals surface area contributed by atoms with E-state index in [0.717, 1.165) is 6.07 Å². The van der Waals surface area contributed by atoms with Crippen molar-refractivity contribution in [1.29, 1.82) is 0 Å². The van der Waals surface area contributed by atoms with Crippen molar-refractivity contribution in [2.24, 2.45) is 0 Å². The molecule has 0 bridgehead atoms. The second-order valence-corrected chi connectivity index (χ2v) is 7.59. The van der Waals surface area contributed by atoms with Gasteiger partial charge in [-0.05, 0) is 31.0 Å². The number of hydrogen-bond acceptors (Lipinski definition) is 7. The maximum Gasteiger partial charge on any atom is 0.256 e. The van der Waals surface area contributed by atoms with Gasteiger partial charge in [0.2, 0.25) is 0 Å². The third-order valence-corrected chi connectivity index (χ3v) is 5.71. The molecule has 0 spiro atoms. The molecule has 8 nitrogen and oxygen atoms in total. The SMILES string of the molecule is CC(O)(c1ccc(Cl)c(F)c1)[C@H]1O[C@@H](N2CCc3c2nc[nH]c3=O)[C@H](O)[C@@H]1O. The fourth-order valence-corrected chi connectivity index (χ4v) is 3.95. The quantitative estimate of drug-likeness (QED) is 0.572. The number of nitrogens with one attached hydrogen (secondary N) is 1. The molecule has 2 aliphatic heterocycles. The first-order valence-corrected chi connectivity index (χ1v) is 9.12. The summed E-state index contributed by atoms with van der Waals surface area (Å²) in [7, 11) is 0. The van der Waals surface area contributed by atoms with Crippen molar-refractivity contribution in [1.82, 2.24) is 9.97 Å². The number of anilines is 1. The van der Waals surface area contributed by atoms with E-state index in [1.807, 2.05) is 0 Å². The second kappa shape index (κ2) is 6.78. The van der Waals surface area contributed by atoms with Crippen molar-refractivity contribution in [2.45, 2.75) is 43.5 Å². The van der Waals surface area contributed by atoms with E-state index in [1.165, 1.54) is 25.4 Å². The molecule has 4 rings (SSSR count). The van der Waals surface area contributed by atoms with Crippen molar-refractivity contribution in [3.63, 3.8) is 0 Å². The highest BCUT2D eigenvalue weighted by atomic mass is 35.5. The Morgan fingerprint density at radius 1 is 1.39 bits per heavy atom. The molecule has 0 amide bonds. The third-order valence-electron chi connectivity index (χ3n) is 5.40. The summed E-state index contributed by atoms with van der Waals surface area (Å²) in [6.07, 6.45) is -3.45. The highest BCUT2D eigenvalue weighted by Gasteiger charge is 2.54. The molecule has 150 valence electrons. The molecule has 1 unspecified atom stereocenters. The summed E-state index contributed by atoms with van der Waals surface area (Å²) in [4.78, 5) is 20.1. The van der Waals surface area contributed by atoms with Crippen LogP contribution < -0.4 is 10.5 Å². The van der Waals surface area contributed by atoms with Crippen LogP contribution in [0.25, 0.3) is 0 Å². The third kappa shape index (κ3) is 2.90. The van der Waals surface area contributed by atoms with Crippen molar-refractivity contribution >= 4 is 17.4 Å². The predicted octanol–water partition coefficient (Wildman–Crippen LogP) is 0.279. The average molecular weight is 412 g/mol. The van der Waals surface area contributed by atoms with E-state index >= 15 is 0 Å². The van der Waals surface area contributed by atoms with Gasteiger partial charge in [-0.2, -0.15) is 0 Å². The first-order valence-electron chi connectivity index (χ1n) is 8.74. The van der Waals surface area contributed by atoms with Crippen LogP contribution >= 0.6 is 11.6 Å². The summed E-state index contributed by atoms with van der Waals surface area (Å²) in [6, 6.07) is 3.78. The van der Waals surface area contributed by atoms with Crippen LogP contribution in [0.2, 0.25) is 5.02 Å². The number of ether oxygens (including phenoxy) is 1. The normalized spacial score (nSPS) is 29.0. The van der Waals surface area contributed by atoms with E-state index in [4.69, 9.17) is 16.3 Å². The number of aliphatic hydroxyl groups excluding tert-OH is 2. The van der Waals surface area contributed by atoms with E-state index in [-0.39, 0.29) is 16.1 Å². The van der Waals surface area contributed by atoms with Gasteiger partial charge in [0.15, 0.2) is 6.23 Å². The number of fused-ring (bicyclic) bond motifs is 1. The van der Waals surface area contributed by atoms with Crippen molar-refractivity contribution in [3.05, 3.63) is 56.8 Å². The largest absolute Gasteiger partial charge is 0.387 e. The Kier molecular flexibility index (Phi) is 4.67. The molecule has 4 N–H and O–H groups in total. The van der Waals surface area contributed by atoms with Crippen LogP contribution in [0.15, 0.2) is 29.3 Å². The number of aromatic amines is 1. The molecule has 2 aromatic rings. The number of halogens is 2. The van der Waals surface area contributed by atoms with Gasteiger partial charge < -0.3 is 29.9 Å². The molecule has 5 atom stereocenters. The van der Waals surface area contributed by atoms with Crippen molar-refractivity contribution < 1.29 is 24.4 Å². The van der Waals surface area contributed by atoms with Crippen molar-refractivity contribution in [2.75, 3.05) is 11.4 Å². The Morgan fingerprint density at radius 2 is 2.14 bits per heavy atom. The van der Waals surface area contributed by atoms with Gasteiger partial charge in [-0.3, -0.25) is 4.79 Å². The van der Waals surface area contributed by atoms with E-state index < -0.39 is 36.0 Å². The Hall–Kier alpha value is -2.04. The number of rotatable bonds is 3. The summed E-state index contributed by atoms with van der Waals surface area (Å²) < 4.78 is 19.7. The molecule has 28 heavy (non-hydrogen) atoms. The lowest BCUT2D eigenvalue weighted by Gasteiger charge is -2.33. The minimum Gasteiger partial charge on any atom is -0.387 e. The molecule has 1 saturated heterocycles. The molecular formula is C18H19ClFN3O5. The van der Waals surface area contributed by atoms with Crippen LogP contribution in [0, 0.1) is 5.82 Å². The van der Waals surface area contributed by atoms with Crippen LogP contribution in [-0.4, -0.2) is 56.4 Å². The van der Waals surface area contributed by atoms with E-state index in [1.54, 1.807) is 4.90 Å². The standard InChI is InChI=1S/C18H19ClFN3O5/c1-18(27,8-2-3-10(19)11(20)6-8)14-12(24)13(25)17(28-14)23-5-4-9-15(23)21-7-22-16(9)26/h2-3,6-7,12-14,17,24-25,27H,4-5H2,1H3,(H,21,22,26)/t12-,13+,14-,17+,18?/m0/s1. The van der Waals surface area contributed by atoms with Crippen LogP contribution in [0.4, 0.5) is 10.2 Å². The van der Waals surface area contributed by atoms with Crippen molar-refractivity contribution in [3.8, 4) is 0 Å². The summed E-state index contributed by atoms with van der Waals surface area (Å²) in [5.41, 5.74) is -1.49. The molecular weight excluding hydrogens is 393 g/mol. The predicted molar refractivity (Wildman–Crippen MR) is 97.6 cm³/mol. The average Bonchev–Trinajstić information content (AvgIpc) is 3.20. The van der Waals surface area contributed by atoms with Gasteiger partial charge in [0.25, 0.3) is 5.56 Å². The molecule has 0 saturated carbocycles. The highest BCUT2D eigenvalue weighted by molar-refractivity contribution is 6.30. The Bertz CT molecular complexity index is 968. The molecule has 0 aliphatic carbocycles. The number of aromatic nitrogens is 2. The molecule has 2 aliphatic rings. The second-order valence-electron chi connectivity index (χ2n) is 7.18. The first-order chi connectivity index (χ1) is 13.2. The smallest absolute Gasteiger partial charge is 0.256 e. The molecule has 10 heteroatoms. The summed E-state index contributed by atoms with van der Waals surface area (Å²) in [6.45, 7) is 1.72. The van der Waals surface area contributed by atoms with Gasteiger partial charge in [-0.1, -0.05) is 17.7 Å². The highest BCUT2D eigenvalue weighted by Crippen LogP contribution is 2.39. The fourth-order valence-electron chi connectivity index (χ4n) is 3.83. The van der Waals surface area contributed by atoms with E-state index in [2.05, 4.69) is 9.97 Å². The Labute approximate surface area is 164 Å². The van der Waals surface area contributed by atoms with Gasteiger partial charge >= 0.3 is 0 Å². The zero-order chi connectivity index (χ0) is 20.2. The lowest BCUT2D eigenvalue weighted by molar-refractivity contribution is -0.124. The van der Waals surface area contributed by atoms with Crippen LogP contribution in [0.3, 0.4) is 0 Å². The topological polar surface area (TPSA) is 119 Å². The van der Waals surface area contributed by atoms with Gasteiger partial charge in [-0.15, -0.1) is 0 Å². The fraction of sp³-hybridized carbons (Fsp3) is 0.444. The monoisotopic (exact) mass is 411 g/mol. The molecule has 1 fully saturated rings. The van der Waals surface area contributed by atoms with Gasteiger partial charge in [0.1, 0.15) is 35.5 Å². The Balaban J connectivity index is 1.64. The number of benzene rings is 1.